The van der Waals surface area contributed by atoms with Crippen molar-refractivity contribution < 1.29 is 14.3 Å². The van der Waals surface area contributed by atoms with Crippen LogP contribution in [0, 0.1) is 0 Å². The molecule has 5 nitrogen and oxygen atoms in total. The Hall–Kier alpha value is -2.53. The third-order valence-corrected chi connectivity index (χ3v) is 5.89. The number of fused-ring (bicyclic) bond motifs is 1. The first-order valence-electron chi connectivity index (χ1n) is 10.1. The smallest absolute Gasteiger partial charge is 0.253 e. The number of hydrogen-bond acceptors (Lipinski definition) is 3. The van der Waals surface area contributed by atoms with E-state index in [1.807, 2.05) is 47.1 Å². The summed E-state index contributed by atoms with van der Waals surface area (Å²) in [5.74, 6) is 0.839. The highest BCUT2D eigenvalue weighted by Gasteiger charge is 2.27. The van der Waals surface area contributed by atoms with Gasteiger partial charge in [-0.05, 0) is 55.7 Å². The van der Waals surface area contributed by atoms with Crippen LogP contribution in [0.15, 0.2) is 42.5 Å². The summed E-state index contributed by atoms with van der Waals surface area (Å²) in [5, 5.41) is 0.655. The molecule has 6 heteroatoms. The van der Waals surface area contributed by atoms with Gasteiger partial charge in [0.25, 0.3) is 5.91 Å². The molecule has 1 saturated heterocycles. The van der Waals surface area contributed by atoms with Gasteiger partial charge in [-0.25, -0.2) is 0 Å². The Labute approximate surface area is 176 Å². The first kappa shape index (κ1) is 19.8. The maximum Gasteiger partial charge on any atom is 0.253 e. The van der Waals surface area contributed by atoms with Crippen LogP contribution in [0.2, 0.25) is 5.02 Å². The van der Waals surface area contributed by atoms with Gasteiger partial charge >= 0.3 is 0 Å². The topological polar surface area (TPSA) is 49.9 Å². The highest BCUT2D eigenvalue weighted by atomic mass is 35.5. The summed E-state index contributed by atoms with van der Waals surface area (Å²) >= 11 is 5.94. The van der Waals surface area contributed by atoms with E-state index < -0.39 is 0 Å². The third-order valence-electron chi connectivity index (χ3n) is 5.64. The molecule has 0 unspecified atom stereocenters. The highest BCUT2D eigenvalue weighted by molar-refractivity contribution is 6.30. The number of nitrogens with zero attached hydrogens (tertiary/aromatic N) is 2. The molecule has 2 heterocycles. The largest absolute Gasteiger partial charge is 0.491 e. The van der Waals surface area contributed by atoms with Crippen LogP contribution in [0.4, 0.5) is 0 Å². The monoisotopic (exact) mass is 412 g/mol. The zero-order valence-electron chi connectivity index (χ0n) is 16.6. The zero-order chi connectivity index (χ0) is 20.4. The molecule has 2 amide bonds. The van der Waals surface area contributed by atoms with Gasteiger partial charge < -0.3 is 14.5 Å². The average Bonchev–Trinajstić information content (AvgIpc) is 3.21. The second-order valence-electron chi connectivity index (χ2n) is 7.81. The molecular weight excluding hydrogens is 388 g/mol. The van der Waals surface area contributed by atoms with Crippen LogP contribution < -0.4 is 4.74 Å². The second kappa shape index (κ2) is 8.46. The first-order chi connectivity index (χ1) is 14.0. The highest BCUT2D eigenvalue weighted by Crippen LogP contribution is 2.28. The fraction of sp³-hybridized carbons (Fsp3) is 0.391. The van der Waals surface area contributed by atoms with Gasteiger partial charge in [-0.3, -0.25) is 9.59 Å². The molecule has 1 atom stereocenters. The van der Waals surface area contributed by atoms with Crippen molar-refractivity contribution in [2.45, 2.75) is 38.8 Å². The van der Waals surface area contributed by atoms with Gasteiger partial charge in [0.1, 0.15) is 12.4 Å². The van der Waals surface area contributed by atoms with Crippen molar-refractivity contribution in [1.29, 1.82) is 0 Å². The number of rotatable bonds is 3. The maximum absolute atomic E-state index is 13.0. The molecule has 0 bridgehead atoms. The van der Waals surface area contributed by atoms with Gasteiger partial charge in [-0.2, -0.15) is 0 Å². The number of likely N-dealkylation sites (tertiary alicyclic amines) is 1. The molecule has 0 spiro atoms. The Morgan fingerprint density at radius 3 is 2.55 bits per heavy atom. The summed E-state index contributed by atoms with van der Waals surface area (Å²) in [6, 6.07) is 12.9. The van der Waals surface area contributed by atoms with Crippen LogP contribution in [-0.2, 0) is 17.8 Å². The summed E-state index contributed by atoms with van der Waals surface area (Å²) in [5.41, 5.74) is 2.47. The number of halogens is 1. The quantitative estimate of drug-likeness (QED) is 0.767. The molecule has 2 aromatic carbocycles. The summed E-state index contributed by atoms with van der Waals surface area (Å²) in [4.78, 5) is 29.5. The standard InChI is InChI=1S/C23H25ClN2O3/c1-16-15-29-21-9-6-18(23(28)25-10-2-3-11-25)13-19(21)14-26(16)22(27)12-17-4-7-20(24)8-5-17/h4-9,13,16H,2-3,10-12,14-15H2,1H3/t16-/m0/s1. The molecule has 1 fully saturated rings. The minimum atomic E-state index is -0.0556. The summed E-state index contributed by atoms with van der Waals surface area (Å²) in [7, 11) is 0. The van der Waals surface area contributed by atoms with Gasteiger partial charge in [0.2, 0.25) is 5.91 Å². The van der Waals surface area contributed by atoms with Crippen LogP contribution in [0.25, 0.3) is 0 Å². The van der Waals surface area contributed by atoms with Crippen LogP contribution >= 0.6 is 11.6 Å². The molecule has 152 valence electrons. The van der Waals surface area contributed by atoms with Gasteiger partial charge in [-0.1, -0.05) is 23.7 Å². The van der Waals surface area contributed by atoms with Crippen LogP contribution in [0.1, 0.15) is 41.3 Å². The van der Waals surface area contributed by atoms with E-state index >= 15 is 0 Å². The average molecular weight is 413 g/mol. The van der Waals surface area contributed by atoms with Gasteiger partial charge in [0.15, 0.2) is 0 Å². The maximum atomic E-state index is 13.0. The lowest BCUT2D eigenvalue weighted by molar-refractivity contribution is -0.133. The van der Waals surface area contributed by atoms with E-state index in [1.54, 1.807) is 12.1 Å². The molecule has 2 aromatic rings. The van der Waals surface area contributed by atoms with E-state index in [0.29, 0.717) is 30.2 Å². The van der Waals surface area contributed by atoms with Crippen molar-refractivity contribution in [3.8, 4) is 5.75 Å². The van der Waals surface area contributed by atoms with Crippen molar-refractivity contribution in [1.82, 2.24) is 9.80 Å². The van der Waals surface area contributed by atoms with E-state index in [2.05, 4.69) is 0 Å². The fourth-order valence-corrected chi connectivity index (χ4v) is 4.06. The van der Waals surface area contributed by atoms with Crippen LogP contribution in [0.5, 0.6) is 5.75 Å². The van der Waals surface area contributed by atoms with E-state index in [0.717, 1.165) is 42.8 Å². The third kappa shape index (κ3) is 4.40. The van der Waals surface area contributed by atoms with Crippen molar-refractivity contribution in [2.75, 3.05) is 19.7 Å². The van der Waals surface area contributed by atoms with Crippen LogP contribution in [-0.4, -0.2) is 47.4 Å². The predicted octanol–water partition coefficient (Wildman–Crippen LogP) is 3.93. The predicted molar refractivity (Wildman–Crippen MR) is 112 cm³/mol. The van der Waals surface area contributed by atoms with E-state index in [-0.39, 0.29) is 17.9 Å². The number of carbonyl (C=O) groups is 2. The second-order valence-corrected chi connectivity index (χ2v) is 8.24. The normalized spacial score (nSPS) is 18.8. The molecule has 0 aliphatic carbocycles. The van der Waals surface area contributed by atoms with Gasteiger partial charge in [0.05, 0.1) is 12.5 Å². The molecule has 0 radical (unpaired) electrons. The molecule has 4 rings (SSSR count). The number of carbonyl (C=O) groups excluding carboxylic acids is 2. The Bertz CT molecular complexity index is 907. The van der Waals surface area contributed by atoms with Crippen molar-refractivity contribution in [3.05, 3.63) is 64.2 Å². The Balaban J connectivity index is 1.53. The summed E-state index contributed by atoms with van der Waals surface area (Å²) in [6.07, 6.45) is 2.43. The van der Waals surface area contributed by atoms with E-state index in [1.165, 1.54) is 0 Å². The van der Waals surface area contributed by atoms with Crippen molar-refractivity contribution >= 4 is 23.4 Å². The number of benzene rings is 2. The molecule has 2 aliphatic rings. The van der Waals surface area contributed by atoms with E-state index in [9.17, 15) is 9.59 Å². The fourth-order valence-electron chi connectivity index (χ4n) is 3.93. The summed E-state index contributed by atoms with van der Waals surface area (Å²) in [6.45, 7) is 4.48. The van der Waals surface area contributed by atoms with Crippen molar-refractivity contribution in [2.24, 2.45) is 0 Å². The van der Waals surface area contributed by atoms with Gasteiger partial charge in [-0.15, -0.1) is 0 Å². The Morgan fingerprint density at radius 1 is 1.10 bits per heavy atom. The van der Waals surface area contributed by atoms with E-state index in [4.69, 9.17) is 16.3 Å². The molecular formula is C23H25ClN2O3. The van der Waals surface area contributed by atoms with Crippen molar-refractivity contribution in [3.63, 3.8) is 0 Å². The molecule has 0 N–H and O–H groups in total. The zero-order valence-corrected chi connectivity index (χ0v) is 17.3. The Morgan fingerprint density at radius 2 is 1.83 bits per heavy atom. The lowest BCUT2D eigenvalue weighted by atomic mass is 10.1. The Kier molecular flexibility index (Phi) is 5.76. The number of amides is 2. The lowest BCUT2D eigenvalue weighted by Crippen LogP contribution is -2.40. The SMILES string of the molecule is C[C@H]1COc2ccc(C(=O)N3CCCC3)cc2CN1C(=O)Cc1ccc(Cl)cc1. The van der Waals surface area contributed by atoms with Crippen LogP contribution in [0.3, 0.4) is 0 Å². The molecule has 0 saturated carbocycles. The molecule has 29 heavy (non-hydrogen) atoms. The summed E-state index contributed by atoms with van der Waals surface area (Å²) < 4.78 is 5.93. The number of ether oxygens (including phenoxy) is 1. The number of hydrogen-bond donors (Lipinski definition) is 0. The minimum absolute atomic E-state index is 0.0348. The first-order valence-corrected chi connectivity index (χ1v) is 10.5. The molecule has 0 aromatic heterocycles. The van der Waals surface area contributed by atoms with Gasteiger partial charge in [0, 0.05) is 35.8 Å². The molecule has 2 aliphatic heterocycles. The minimum Gasteiger partial charge on any atom is -0.491 e. The lowest BCUT2D eigenvalue weighted by Gasteiger charge is -2.26.